The zero-order valence-corrected chi connectivity index (χ0v) is 15.4. The molecule has 0 unspecified atom stereocenters. The van der Waals surface area contributed by atoms with Gasteiger partial charge in [0.2, 0.25) is 0 Å². The van der Waals surface area contributed by atoms with Crippen LogP contribution < -0.4 is 20.3 Å². The fourth-order valence-electron chi connectivity index (χ4n) is 2.03. The van der Waals surface area contributed by atoms with E-state index in [0.717, 1.165) is 12.1 Å². The molecule has 0 atom stereocenters. The van der Waals surface area contributed by atoms with E-state index >= 15 is 0 Å². The second kappa shape index (κ2) is 8.73. The van der Waals surface area contributed by atoms with Gasteiger partial charge in [-0.25, -0.2) is 4.39 Å². The Hall–Kier alpha value is -2.51. The molecule has 2 rings (SSSR count). The van der Waals surface area contributed by atoms with E-state index in [9.17, 15) is 14.0 Å². The third-order valence-electron chi connectivity index (χ3n) is 3.27. The van der Waals surface area contributed by atoms with Gasteiger partial charge in [0.05, 0.1) is 29.3 Å². The monoisotopic (exact) mass is 400 g/mol. The molecule has 0 aliphatic rings. The SMILES string of the molecule is CCOc1ccc(C(=O)NNC(=O)c2cc(F)c(Cl)cc2Cl)cc1OC. The number of rotatable bonds is 5. The highest BCUT2D eigenvalue weighted by Crippen LogP contribution is 2.28. The quantitative estimate of drug-likeness (QED) is 0.593. The first-order valence-electron chi connectivity index (χ1n) is 7.43. The van der Waals surface area contributed by atoms with Crippen LogP contribution in [0, 0.1) is 5.82 Å². The number of ether oxygens (including phenoxy) is 2. The second-order valence-electron chi connectivity index (χ2n) is 4.95. The Balaban J connectivity index is 2.09. The molecule has 2 N–H and O–H groups in total. The summed E-state index contributed by atoms with van der Waals surface area (Å²) in [5, 5.41) is -0.261. The smallest absolute Gasteiger partial charge is 0.271 e. The summed E-state index contributed by atoms with van der Waals surface area (Å²) in [4.78, 5) is 24.2. The van der Waals surface area contributed by atoms with Crippen LogP contribution in [0.1, 0.15) is 27.6 Å². The van der Waals surface area contributed by atoms with Crippen LogP contribution in [0.25, 0.3) is 0 Å². The Kier molecular flexibility index (Phi) is 6.65. The van der Waals surface area contributed by atoms with Crippen molar-refractivity contribution >= 4 is 35.0 Å². The van der Waals surface area contributed by atoms with Crippen LogP contribution in [0.3, 0.4) is 0 Å². The Labute approximate surface area is 159 Å². The van der Waals surface area contributed by atoms with E-state index < -0.39 is 17.6 Å². The molecule has 2 aromatic rings. The summed E-state index contributed by atoms with van der Waals surface area (Å²) < 4.78 is 24.0. The average molecular weight is 401 g/mol. The minimum Gasteiger partial charge on any atom is -0.493 e. The van der Waals surface area contributed by atoms with Crippen LogP contribution in [0.15, 0.2) is 30.3 Å². The molecule has 0 spiro atoms. The van der Waals surface area contributed by atoms with Crippen molar-refractivity contribution in [2.45, 2.75) is 6.92 Å². The molecule has 0 aromatic heterocycles. The summed E-state index contributed by atoms with van der Waals surface area (Å²) in [6.07, 6.45) is 0. The summed E-state index contributed by atoms with van der Waals surface area (Å²) in [5.74, 6) is -1.35. The molecule has 0 heterocycles. The van der Waals surface area contributed by atoms with Gasteiger partial charge in [0, 0.05) is 5.56 Å². The maximum Gasteiger partial charge on any atom is 0.271 e. The standard InChI is InChI=1S/C17H15Cl2FN2O4/c1-3-26-14-5-4-9(6-15(14)25-2)16(23)21-22-17(24)10-7-13(20)12(19)8-11(10)18/h4-8H,3H2,1-2H3,(H,21,23)(H,22,24). The van der Waals surface area contributed by atoms with E-state index in [1.165, 1.54) is 19.2 Å². The van der Waals surface area contributed by atoms with Crippen molar-refractivity contribution < 1.29 is 23.5 Å². The average Bonchev–Trinajstić information content (AvgIpc) is 2.63. The number of hydrogen-bond donors (Lipinski definition) is 2. The lowest BCUT2D eigenvalue weighted by Gasteiger charge is -2.12. The molecule has 9 heteroatoms. The Morgan fingerprint density at radius 3 is 2.38 bits per heavy atom. The Morgan fingerprint density at radius 1 is 1.04 bits per heavy atom. The summed E-state index contributed by atoms with van der Waals surface area (Å²) in [6.45, 7) is 2.26. The molecule has 26 heavy (non-hydrogen) atoms. The Morgan fingerprint density at radius 2 is 1.73 bits per heavy atom. The fourth-order valence-corrected chi connectivity index (χ4v) is 2.50. The van der Waals surface area contributed by atoms with Crippen LogP contribution in [0.5, 0.6) is 11.5 Å². The molecule has 2 amide bonds. The lowest BCUT2D eigenvalue weighted by molar-refractivity contribution is 0.0846. The molecular weight excluding hydrogens is 386 g/mol. The van der Waals surface area contributed by atoms with Crippen molar-refractivity contribution in [2.24, 2.45) is 0 Å². The zero-order valence-electron chi connectivity index (χ0n) is 13.9. The highest BCUT2D eigenvalue weighted by Gasteiger charge is 2.16. The van der Waals surface area contributed by atoms with Crippen molar-refractivity contribution in [3.05, 3.63) is 57.3 Å². The zero-order chi connectivity index (χ0) is 19.3. The number of benzene rings is 2. The maximum absolute atomic E-state index is 13.5. The number of carbonyl (C=O) groups excluding carboxylic acids is 2. The minimum absolute atomic E-state index is 0.0501. The van der Waals surface area contributed by atoms with Gasteiger partial charge in [0.15, 0.2) is 11.5 Å². The third kappa shape index (κ3) is 4.56. The highest BCUT2D eigenvalue weighted by molar-refractivity contribution is 6.36. The maximum atomic E-state index is 13.5. The number of nitrogens with one attached hydrogen (secondary N) is 2. The topological polar surface area (TPSA) is 76.7 Å². The van der Waals surface area contributed by atoms with E-state index in [1.54, 1.807) is 6.07 Å². The van der Waals surface area contributed by atoms with Gasteiger partial charge in [-0.1, -0.05) is 23.2 Å². The van der Waals surface area contributed by atoms with Crippen molar-refractivity contribution in [3.8, 4) is 11.5 Å². The van der Waals surface area contributed by atoms with Crippen LogP contribution in [0.2, 0.25) is 10.0 Å². The van der Waals surface area contributed by atoms with Gasteiger partial charge in [-0.2, -0.15) is 0 Å². The second-order valence-corrected chi connectivity index (χ2v) is 5.77. The molecule has 6 nitrogen and oxygen atoms in total. The van der Waals surface area contributed by atoms with Gasteiger partial charge in [-0.15, -0.1) is 0 Å². The molecule has 0 radical (unpaired) electrons. The number of methoxy groups -OCH3 is 1. The highest BCUT2D eigenvalue weighted by atomic mass is 35.5. The molecule has 0 aliphatic carbocycles. The number of amides is 2. The normalized spacial score (nSPS) is 10.2. The van der Waals surface area contributed by atoms with Gasteiger partial charge in [0.25, 0.3) is 11.8 Å². The predicted octanol–water partition coefficient (Wildman–Crippen LogP) is 3.61. The molecule has 0 bridgehead atoms. The molecule has 0 aliphatic heterocycles. The van der Waals surface area contributed by atoms with Crippen molar-refractivity contribution in [1.82, 2.24) is 10.9 Å². The fraction of sp³-hybridized carbons (Fsp3) is 0.176. The van der Waals surface area contributed by atoms with E-state index in [0.29, 0.717) is 18.1 Å². The van der Waals surface area contributed by atoms with Crippen molar-refractivity contribution in [3.63, 3.8) is 0 Å². The number of hydrazine groups is 1. The van der Waals surface area contributed by atoms with E-state index in [-0.39, 0.29) is 21.2 Å². The number of carbonyl (C=O) groups is 2. The van der Waals surface area contributed by atoms with Crippen molar-refractivity contribution in [2.75, 3.05) is 13.7 Å². The van der Waals surface area contributed by atoms with Crippen LogP contribution in [0.4, 0.5) is 4.39 Å². The van der Waals surface area contributed by atoms with Gasteiger partial charge >= 0.3 is 0 Å². The Bertz CT molecular complexity index is 846. The minimum atomic E-state index is -0.802. The van der Waals surface area contributed by atoms with E-state index in [2.05, 4.69) is 10.9 Å². The van der Waals surface area contributed by atoms with E-state index in [4.69, 9.17) is 32.7 Å². The lowest BCUT2D eigenvalue weighted by Crippen LogP contribution is -2.41. The number of halogens is 3. The van der Waals surface area contributed by atoms with Gasteiger partial charge in [0.1, 0.15) is 5.82 Å². The predicted molar refractivity (Wildman–Crippen MR) is 95.5 cm³/mol. The molecule has 138 valence electrons. The van der Waals surface area contributed by atoms with Crippen LogP contribution >= 0.6 is 23.2 Å². The first-order chi connectivity index (χ1) is 12.4. The lowest BCUT2D eigenvalue weighted by atomic mass is 10.2. The number of hydrogen-bond acceptors (Lipinski definition) is 4. The van der Waals surface area contributed by atoms with Gasteiger partial charge < -0.3 is 9.47 Å². The third-order valence-corrected chi connectivity index (χ3v) is 3.87. The molecule has 0 fully saturated rings. The van der Waals surface area contributed by atoms with Gasteiger partial charge in [-0.05, 0) is 37.3 Å². The first kappa shape index (κ1) is 19.8. The summed E-state index contributed by atoms with van der Waals surface area (Å²) in [6, 6.07) is 6.52. The van der Waals surface area contributed by atoms with Crippen molar-refractivity contribution in [1.29, 1.82) is 0 Å². The van der Waals surface area contributed by atoms with Crippen LogP contribution in [-0.2, 0) is 0 Å². The van der Waals surface area contributed by atoms with Gasteiger partial charge in [-0.3, -0.25) is 20.4 Å². The molecule has 2 aromatic carbocycles. The molecule has 0 saturated carbocycles. The summed E-state index contributed by atoms with van der Waals surface area (Å²) >= 11 is 11.4. The van der Waals surface area contributed by atoms with Crippen LogP contribution in [-0.4, -0.2) is 25.5 Å². The molecule has 0 saturated heterocycles. The largest absolute Gasteiger partial charge is 0.493 e. The first-order valence-corrected chi connectivity index (χ1v) is 8.19. The van der Waals surface area contributed by atoms with E-state index in [1.807, 2.05) is 6.92 Å². The summed E-state index contributed by atoms with van der Waals surface area (Å²) in [7, 11) is 1.44. The molecular formula is C17H15Cl2FN2O4. The summed E-state index contributed by atoms with van der Waals surface area (Å²) in [5.41, 5.74) is 4.42.